The standard InChI is InChI=1S/C19H23F3N4O5/c1-17(2,14-25-16(28)31-26-14)8-11-9-23-12-7-10(5-6-13(12)29-11)24-15(27)30-18(3,4)19(20,21)22/h5-7,11,23H,8-9H2,1-4H3,(H,24,27)(H,25,26,28). The Morgan fingerprint density at radius 1 is 1.29 bits per heavy atom. The lowest BCUT2D eigenvalue weighted by Crippen LogP contribution is -2.44. The highest BCUT2D eigenvalue weighted by molar-refractivity contribution is 5.86. The molecule has 1 unspecified atom stereocenters. The third kappa shape index (κ3) is 5.12. The number of carbonyl (C=O) groups is 1. The van der Waals surface area contributed by atoms with E-state index in [4.69, 9.17) is 4.74 Å². The van der Waals surface area contributed by atoms with Crippen LogP contribution in [0.4, 0.5) is 29.3 Å². The van der Waals surface area contributed by atoms with Gasteiger partial charge in [0.05, 0.1) is 12.2 Å². The number of alkyl halides is 3. The number of H-pyrrole nitrogens is 1. The Kier molecular flexibility index (Phi) is 5.68. The highest BCUT2D eigenvalue weighted by Gasteiger charge is 2.51. The van der Waals surface area contributed by atoms with Crippen LogP contribution in [0.25, 0.3) is 0 Å². The van der Waals surface area contributed by atoms with Gasteiger partial charge in [-0.05, 0) is 38.5 Å². The Labute approximate surface area is 175 Å². The molecule has 1 aliphatic rings. The summed E-state index contributed by atoms with van der Waals surface area (Å²) >= 11 is 0. The van der Waals surface area contributed by atoms with E-state index in [9.17, 15) is 22.8 Å². The molecule has 1 aliphatic heterocycles. The minimum absolute atomic E-state index is 0.247. The van der Waals surface area contributed by atoms with Crippen molar-refractivity contribution in [3.8, 4) is 5.75 Å². The number of ether oxygens (including phenoxy) is 2. The number of hydrogen-bond acceptors (Lipinski definition) is 7. The van der Waals surface area contributed by atoms with Gasteiger partial charge in [0.2, 0.25) is 5.60 Å². The molecule has 0 aliphatic carbocycles. The summed E-state index contributed by atoms with van der Waals surface area (Å²) in [7, 11) is 0. The predicted octanol–water partition coefficient (Wildman–Crippen LogP) is 3.79. The fraction of sp³-hybridized carbons (Fsp3) is 0.526. The number of anilines is 2. The highest BCUT2D eigenvalue weighted by atomic mass is 19.4. The summed E-state index contributed by atoms with van der Waals surface area (Å²) in [6.45, 7) is 5.74. The van der Waals surface area contributed by atoms with Crippen molar-refractivity contribution < 1.29 is 32.0 Å². The van der Waals surface area contributed by atoms with E-state index < -0.39 is 29.0 Å². The van der Waals surface area contributed by atoms with Crippen LogP contribution in [0.1, 0.15) is 39.9 Å². The number of nitrogens with one attached hydrogen (secondary N) is 3. The van der Waals surface area contributed by atoms with E-state index >= 15 is 0 Å². The first-order valence-electron chi connectivity index (χ1n) is 9.45. The largest absolute Gasteiger partial charge is 0.486 e. The number of rotatable bonds is 5. The van der Waals surface area contributed by atoms with Crippen LogP contribution < -0.4 is 21.1 Å². The maximum Gasteiger partial charge on any atom is 0.438 e. The Morgan fingerprint density at radius 3 is 2.61 bits per heavy atom. The van der Waals surface area contributed by atoms with Gasteiger partial charge in [-0.2, -0.15) is 13.2 Å². The van der Waals surface area contributed by atoms with Crippen molar-refractivity contribution in [1.29, 1.82) is 0 Å². The molecule has 170 valence electrons. The first kappa shape index (κ1) is 22.5. The number of nitrogens with zero attached hydrogens (tertiary/aromatic N) is 1. The van der Waals surface area contributed by atoms with Crippen LogP contribution in [0.3, 0.4) is 0 Å². The Hall–Kier alpha value is -3.18. The predicted molar refractivity (Wildman–Crippen MR) is 104 cm³/mol. The van der Waals surface area contributed by atoms with Crippen LogP contribution in [0.2, 0.25) is 0 Å². The van der Waals surface area contributed by atoms with E-state index in [1.54, 1.807) is 6.07 Å². The zero-order valence-corrected chi connectivity index (χ0v) is 17.3. The molecular weight excluding hydrogens is 421 g/mol. The zero-order valence-electron chi connectivity index (χ0n) is 17.3. The van der Waals surface area contributed by atoms with Crippen LogP contribution >= 0.6 is 0 Å². The fourth-order valence-corrected chi connectivity index (χ4v) is 3.03. The minimum atomic E-state index is -4.70. The molecule has 0 fully saturated rings. The molecule has 0 spiro atoms. The maximum absolute atomic E-state index is 12.9. The van der Waals surface area contributed by atoms with E-state index in [0.717, 1.165) is 13.8 Å². The first-order chi connectivity index (χ1) is 14.3. The number of amides is 1. The summed E-state index contributed by atoms with van der Waals surface area (Å²) in [5, 5.41) is 9.18. The average molecular weight is 444 g/mol. The van der Waals surface area contributed by atoms with Crippen LogP contribution in [0, 0.1) is 0 Å². The van der Waals surface area contributed by atoms with Crippen LogP contribution in [0.15, 0.2) is 27.5 Å². The van der Waals surface area contributed by atoms with Gasteiger partial charge in [0.15, 0.2) is 5.82 Å². The maximum atomic E-state index is 12.9. The summed E-state index contributed by atoms with van der Waals surface area (Å²) in [6.07, 6.45) is -5.66. The van der Waals surface area contributed by atoms with Crippen molar-refractivity contribution in [3.63, 3.8) is 0 Å². The average Bonchev–Trinajstić information content (AvgIpc) is 3.07. The highest BCUT2D eigenvalue weighted by Crippen LogP contribution is 2.36. The van der Waals surface area contributed by atoms with Gasteiger partial charge in [-0.1, -0.05) is 19.0 Å². The van der Waals surface area contributed by atoms with Crippen LogP contribution in [-0.2, 0) is 10.2 Å². The second kappa shape index (κ2) is 7.82. The molecule has 1 aromatic carbocycles. The molecule has 2 aromatic rings. The number of halogens is 3. The lowest BCUT2D eigenvalue weighted by atomic mass is 9.85. The van der Waals surface area contributed by atoms with Crippen molar-refractivity contribution >= 4 is 17.5 Å². The van der Waals surface area contributed by atoms with E-state index in [-0.39, 0.29) is 11.8 Å². The van der Waals surface area contributed by atoms with Crippen molar-refractivity contribution in [2.24, 2.45) is 0 Å². The smallest absolute Gasteiger partial charge is 0.438 e. The monoisotopic (exact) mass is 444 g/mol. The molecule has 12 heteroatoms. The Bertz CT molecular complexity index is 1010. The molecule has 0 bridgehead atoms. The SMILES string of the molecule is CC(C)(CC1CNc2cc(NC(=O)OC(C)(C)C(F)(F)F)ccc2O1)c1noc(=O)[nH]1. The summed E-state index contributed by atoms with van der Waals surface area (Å²) in [5.74, 6) is 0.287. The molecule has 0 radical (unpaired) electrons. The fourth-order valence-electron chi connectivity index (χ4n) is 3.03. The zero-order chi connectivity index (χ0) is 23.0. The summed E-state index contributed by atoms with van der Waals surface area (Å²) < 4.78 is 53.6. The molecule has 31 heavy (non-hydrogen) atoms. The van der Waals surface area contributed by atoms with Gasteiger partial charge in [0.1, 0.15) is 11.9 Å². The summed E-state index contributed by atoms with van der Waals surface area (Å²) in [4.78, 5) is 25.6. The van der Waals surface area contributed by atoms with Gasteiger partial charge >= 0.3 is 18.0 Å². The summed E-state index contributed by atoms with van der Waals surface area (Å²) in [5.41, 5.74) is -2.33. The van der Waals surface area contributed by atoms with Gasteiger partial charge in [-0.25, -0.2) is 9.59 Å². The van der Waals surface area contributed by atoms with Crippen molar-refractivity contribution in [1.82, 2.24) is 10.1 Å². The molecule has 2 heterocycles. The topological polar surface area (TPSA) is 118 Å². The third-order valence-corrected chi connectivity index (χ3v) is 4.89. The third-order valence-electron chi connectivity index (χ3n) is 4.89. The molecule has 1 amide bonds. The normalized spacial score (nSPS) is 16.7. The second-order valence-electron chi connectivity index (χ2n) is 8.39. The number of aromatic nitrogens is 2. The van der Waals surface area contributed by atoms with Crippen LogP contribution in [0.5, 0.6) is 5.75 Å². The van der Waals surface area contributed by atoms with E-state index in [0.29, 0.717) is 30.2 Å². The first-order valence-corrected chi connectivity index (χ1v) is 9.45. The molecule has 0 saturated carbocycles. The molecule has 1 aromatic heterocycles. The van der Waals surface area contributed by atoms with Gasteiger partial charge in [0.25, 0.3) is 0 Å². The number of carbonyl (C=O) groups excluding carboxylic acids is 1. The van der Waals surface area contributed by atoms with Crippen molar-refractivity contribution in [3.05, 3.63) is 34.6 Å². The van der Waals surface area contributed by atoms with E-state index in [1.807, 2.05) is 13.8 Å². The van der Waals surface area contributed by atoms with Gasteiger partial charge in [-0.3, -0.25) is 14.8 Å². The summed E-state index contributed by atoms with van der Waals surface area (Å²) in [6, 6.07) is 4.61. The molecule has 3 N–H and O–H groups in total. The van der Waals surface area contributed by atoms with Crippen molar-refractivity contribution in [2.75, 3.05) is 17.2 Å². The van der Waals surface area contributed by atoms with E-state index in [1.165, 1.54) is 12.1 Å². The molecule has 1 atom stereocenters. The van der Waals surface area contributed by atoms with Gasteiger partial charge in [0, 0.05) is 11.1 Å². The molecule has 0 saturated heterocycles. The van der Waals surface area contributed by atoms with Crippen molar-refractivity contribution in [2.45, 2.75) is 57.4 Å². The minimum Gasteiger partial charge on any atom is -0.486 e. The number of aromatic amines is 1. The Balaban J connectivity index is 1.63. The van der Waals surface area contributed by atoms with Gasteiger partial charge < -0.3 is 14.8 Å². The molecular formula is C19H23F3N4O5. The van der Waals surface area contributed by atoms with Gasteiger partial charge in [-0.15, -0.1) is 0 Å². The Morgan fingerprint density at radius 2 is 2.00 bits per heavy atom. The molecule has 3 rings (SSSR count). The number of benzene rings is 1. The second-order valence-corrected chi connectivity index (χ2v) is 8.39. The number of fused-ring (bicyclic) bond motifs is 1. The lowest BCUT2D eigenvalue weighted by Gasteiger charge is -2.32. The molecule has 9 nitrogen and oxygen atoms in total. The van der Waals surface area contributed by atoms with E-state index in [2.05, 4.69) is 30.0 Å². The number of hydrogen-bond donors (Lipinski definition) is 3. The lowest BCUT2D eigenvalue weighted by molar-refractivity contribution is -0.242. The quantitative estimate of drug-likeness (QED) is 0.642. The van der Waals surface area contributed by atoms with Crippen LogP contribution in [-0.4, -0.2) is 40.7 Å².